The van der Waals surface area contributed by atoms with Crippen molar-refractivity contribution in [1.82, 2.24) is 9.80 Å². The number of carbonyl (C=O) groups excluding carboxylic acids is 1. The summed E-state index contributed by atoms with van der Waals surface area (Å²) in [4.78, 5) is 14.8. The van der Waals surface area contributed by atoms with Gasteiger partial charge in [-0.05, 0) is 6.08 Å². The van der Waals surface area contributed by atoms with E-state index in [4.69, 9.17) is 5.73 Å². The van der Waals surface area contributed by atoms with Gasteiger partial charge in [-0.2, -0.15) is 0 Å². The molecule has 0 spiro atoms. The van der Waals surface area contributed by atoms with Gasteiger partial charge in [0.2, 0.25) is 0 Å². The topological polar surface area (TPSA) is 49.6 Å². The average Bonchev–Trinajstić information content (AvgIpc) is 2.21. The molecule has 0 atom stereocenters. The monoisotopic (exact) mass is 197 g/mol. The van der Waals surface area contributed by atoms with Crippen LogP contribution in [0.2, 0.25) is 0 Å². The summed E-state index contributed by atoms with van der Waals surface area (Å²) in [6.07, 6.45) is 4.29. The fraction of sp³-hybridized carbons (Fsp3) is 0.700. The van der Waals surface area contributed by atoms with E-state index in [9.17, 15) is 4.79 Å². The summed E-state index contributed by atoms with van der Waals surface area (Å²) in [5.74, 6) is 0. The number of carbonyl (C=O) groups is 1. The van der Waals surface area contributed by atoms with Gasteiger partial charge in [-0.15, -0.1) is 0 Å². The first-order valence-corrected chi connectivity index (χ1v) is 5.12. The first-order valence-electron chi connectivity index (χ1n) is 5.12. The number of allylic oxidation sites excluding steroid dienone is 1. The van der Waals surface area contributed by atoms with Crippen LogP contribution in [0.1, 0.15) is 0 Å². The molecule has 80 valence electrons. The third-order valence-electron chi connectivity index (χ3n) is 2.49. The summed E-state index contributed by atoms with van der Waals surface area (Å²) in [7, 11) is 0. The lowest BCUT2D eigenvalue weighted by Crippen LogP contribution is -2.47. The molecule has 1 rings (SSSR count). The van der Waals surface area contributed by atoms with Crippen LogP contribution in [0, 0.1) is 0 Å². The first kappa shape index (κ1) is 11.4. The highest BCUT2D eigenvalue weighted by atomic mass is 16.1. The Bertz CT molecular complexity index is 186. The minimum Gasteiger partial charge on any atom is -0.329 e. The van der Waals surface area contributed by atoms with E-state index in [0.29, 0.717) is 0 Å². The van der Waals surface area contributed by atoms with Gasteiger partial charge in [-0.25, -0.2) is 0 Å². The number of aldehydes is 1. The lowest BCUT2D eigenvalue weighted by molar-refractivity contribution is -0.104. The predicted octanol–water partition coefficient (Wildman–Crippen LogP) is -0.682. The zero-order chi connectivity index (χ0) is 10.2. The van der Waals surface area contributed by atoms with Gasteiger partial charge in [-0.3, -0.25) is 14.6 Å². The number of nitrogens with zero attached hydrogens (tertiary/aromatic N) is 2. The number of nitrogens with two attached hydrogens (primary N) is 1. The molecule has 1 heterocycles. The number of hydrogen-bond donors (Lipinski definition) is 1. The molecule has 4 nitrogen and oxygen atoms in total. The van der Waals surface area contributed by atoms with E-state index in [1.807, 2.05) is 6.08 Å². The van der Waals surface area contributed by atoms with Crippen molar-refractivity contribution < 1.29 is 4.79 Å². The van der Waals surface area contributed by atoms with Crippen LogP contribution >= 0.6 is 0 Å². The Morgan fingerprint density at radius 1 is 1.14 bits per heavy atom. The molecule has 14 heavy (non-hydrogen) atoms. The molecule has 0 aromatic heterocycles. The Labute approximate surface area is 85.3 Å². The molecule has 0 saturated carbocycles. The summed E-state index contributed by atoms with van der Waals surface area (Å²) >= 11 is 0. The van der Waals surface area contributed by atoms with Gasteiger partial charge in [-0.1, -0.05) is 6.08 Å². The van der Waals surface area contributed by atoms with Crippen molar-refractivity contribution in [1.29, 1.82) is 0 Å². The van der Waals surface area contributed by atoms with E-state index >= 15 is 0 Å². The van der Waals surface area contributed by atoms with Crippen LogP contribution in [0.4, 0.5) is 0 Å². The van der Waals surface area contributed by atoms with Crippen molar-refractivity contribution in [3.8, 4) is 0 Å². The summed E-state index contributed by atoms with van der Waals surface area (Å²) in [6.45, 7) is 6.95. The molecule has 0 unspecified atom stereocenters. The predicted molar refractivity (Wildman–Crippen MR) is 57.1 cm³/mol. The van der Waals surface area contributed by atoms with Gasteiger partial charge in [0.05, 0.1) is 0 Å². The second-order valence-electron chi connectivity index (χ2n) is 3.50. The lowest BCUT2D eigenvalue weighted by Gasteiger charge is -2.33. The van der Waals surface area contributed by atoms with Gasteiger partial charge in [0, 0.05) is 45.8 Å². The van der Waals surface area contributed by atoms with Gasteiger partial charge in [0.15, 0.2) is 0 Å². The Morgan fingerprint density at radius 2 is 1.79 bits per heavy atom. The third kappa shape index (κ3) is 4.00. The standard InChI is InChI=1S/C10H19N3O/c11-3-5-13-8-6-12(7-9-13)4-1-2-10-14/h1-2,10H,3-9,11H2. The fourth-order valence-corrected chi connectivity index (χ4v) is 1.64. The van der Waals surface area contributed by atoms with Crippen molar-refractivity contribution in [3.05, 3.63) is 12.2 Å². The van der Waals surface area contributed by atoms with Crippen molar-refractivity contribution in [2.75, 3.05) is 45.8 Å². The molecule has 1 fully saturated rings. The Hall–Kier alpha value is -0.710. The van der Waals surface area contributed by atoms with Gasteiger partial charge in [0.1, 0.15) is 6.29 Å². The van der Waals surface area contributed by atoms with Crippen LogP contribution in [0.3, 0.4) is 0 Å². The minimum absolute atomic E-state index is 0.741. The zero-order valence-corrected chi connectivity index (χ0v) is 8.56. The number of rotatable bonds is 5. The van der Waals surface area contributed by atoms with Gasteiger partial charge >= 0.3 is 0 Å². The van der Waals surface area contributed by atoms with E-state index in [2.05, 4.69) is 9.80 Å². The van der Waals surface area contributed by atoms with Crippen LogP contribution in [-0.4, -0.2) is 61.9 Å². The molecular formula is C10H19N3O. The molecule has 0 amide bonds. The maximum absolute atomic E-state index is 10.1. The van der Waals surface area contributed by atoms with Crippen molar-refractivity contribution in [2.24, 2.45) is 5.73 Å². The van der Waals surface area contributed by atoms with E-state index in [-0.39, 0.29) is 0 Å². The fourth-order valence-electron chi connectivity index (χ4n) is 1.64. The number of hydrogen-bond acceptors (Lipinski definition) is 4. The number of piperazine rings is 1. The highest BCUT2D eigenvalue weighted by molar-refractivity contribution is 5.64. The van der Waals surface area contributed by atoms with E-state index in [0.717, 1.165) is 52.1 Å². The summed E-state index contributed by atoms with van der Waals surface area (Å²) < 4.78 is 0. The maximum Gasteiger partial charge on any atom is 0.142 e. The largest absolute Gasteiger partial charge is 0.329 e. The lowest BCUT2D eigenvalue weighted by atomic mass is 10.3. The molecule has 0 radical (unpaired) electrons. The first-order chi connectivity index (χ1) is 6.86. The summed E-state index contributed by atoms with van der Waals surface area (Å²) in [5, 5.41) is 0. The van der Waals surface area contributed by atoms with Crippen LogP contribution in [0.5, 0.6) is 0 Å². The molecule has 0 aromatic carbocycles. The highest BCUT2D eigenvalue weighted by Crippen LogP contribution is 2.00. The third-order valence-corrected chi connectivity index (χ3v) is 2.49. The van der Waals surface area contributed by atoms with Gasteiger partial charge < -0.3 is 5.73 Å². The molecule has 1 saturated heterocycles. The summed E-state index contributed by atoms with van der Waals surface area (Å²) in [6, 6.07) is 0. The normalized spacial score (nSPS) is 20.4. The smallest absolute Gasteiger partial charge is 0.142 e. The highest BCUT2D eigenvalue weighted by Gasteiger charge is 2.14. The zero-order valence-electron chi connectivity index (χ0n) is 8.56. The van der Waals surface area contributed by atoms with E-state index in [1.54, 1.807) is 6.08 Å². The SMILES string of the molecule is NCCN1CCN(CC=CC=O)CC1. The van der Waals surface area contributed by atoms with Crippen molar-refractivity contribution in [3.63, 3.8) is 0 Å². The molecule has 1 aliphatic heterocycles. The van der Waals surface area contributed by atoms with Crippen LogP contribution in [0.25, 0.3) is 0 Å². The second kappa shape index (κ2) is 6.70. The van der Waals surface area contributed by atoms with Crippen LogP contribution in [-0.2, 0) is 4.79 Å². The van der Waals surface area contributed by atoms with Crippen molar-refractivity contribution in [2.45, 2.75) is 0 Å². The maximum atomic E-state index is 10.1. The Balaban J connectivity index is 2.15. The molecule has 2 N–H and O–H groups in total. The minimum atomic E-state index is 0.741. The van der Waals surface area contributed by atoms with E-state index < -0.39 is 0 Å². The second-order valence-corrected chi connectivity index (χ2v) is 3.50. The van der Waals surface area contributed by atoms with E-state index in [1.165, 1.54) is 0 Å². The summed E-state index contributed by atoms with van der Waals surface area (Å²) in [5.41, 5.74) is 5.49. The molecule has 0 bridgehead atoms. The van der Waals surface area contributed by atoms with Crippen molar-refractivity contribution >= 4 is 6.29 Å². The Morgan fingerprint density at radius 3 is 2.36 bits per heavy atom. The Kier molecular flexibility index (Phi) is 5.44. The average molecular weight is 197 g/mol. The van der Waals surface area contributed by atoms with Gasteiger partial charge in [0.25, 0.3) is 0 Å². The van der Waals surface area contributed by atoms with Crippen LogP contribution < -0.4 is 5.73 Å². The molecular weight excluding hydrogens is 178 g/mol. The molecule has 4 heteroatoms. The molecule has 0 aromatic rings. The quantitative estimate of drug-likeness (QED) is 0.468. The van der Waals surface area contributed by atoms with Crippen LogP contribution in [0.15, 0.2) is 12.2 Å². The molecule has 0 aliphatic carbocycles. The molecule has 1 aliphatic rings.